The predicted octanol–water partition coefficient (Wildman–Crippen LogP) is 5.41. The van der Waals surface area contributed by atoms with Crippen molar-refractivity contribution < 1.29 is 14.0 Å². The van der Waals surface area contributed by atoms with E-state index in [0.29, 0.717) is 0 Å². The molecule has 2 heterocycles. The van der Waals surface area contributed by atoms with Crippen LogP contribution < -0.4 is 10.2 Å². The minimum absolute atomic E-state index is 0.0337. The summed E-state index contributed by atoms with van der Waals surface area (Å²) in [6, 6.07) is 15.5. The second kappa shape index (κ2) is 8.40. The Kier molecular flexibility index (Phi) is 5.68. The van der Waals surface area contributed by atoms with E-state index in [4.69, 9.17) is 4.42 Å². The van der Waals surface area contributed by atoms with E-state index in [0.717, 1.165) is 38.7 Å². The molecule has 2 aromatic carbocycles. The first-order chi connectivity index (χ1) is 14.4. The van der Waals surface area contributed by atoms with Crippen LogP contribution in [0.3, 0.4) is 0 Å². The van der Waals surface area contributed by atoms with E-state index in [1.807, 2.05) is 69.3 Å². The van der Waals surface area contributed by atoms with Gasteiger partial charge in [0.1, 0.15) is 12.3 Å². The van der Waals surface area contributed by atoms with Crippen molar-refractivity contribution in [2.75, 3.05) is 16.8 Å². The van der Waals surface area contributed by atoms with E-state index in [1.165, 1.54) is 0 Å². The van der Waals surface area contributed by atoms with Gasteiger partial charge in [-0.05, 0) is 56.2 Å². The summed E-state index contributed by atoms with van der Waals surface area (Å²) in [4.78, 5) is 28.6. The maximum absolute atomic E-state index is 13.1. The molecule has 1 atom stereocenters. The van der Waals surface area contributed by atoms with Crippen molar-refractivity contribution >= 4 is 35.0 Å². The Morgan fingerprint density at radius 2 is 1.87 bits per heavy atom. The molecular formula is C24H24N2O3S. The summed E-state index contributed by atoms with van der Waals surface area (Å²) in [6.45, 7) is 5.96. The van der Waals surface area contributed by atoms with Crippen molar-refractivity contribution in [2.45, 2.75) is 37.3 Å². The molecule has 0 radical (unpaired) electrons. The minimum atomic E-state index is -0.213. The molecule has 0 fully saturated rings. The third kappa shape index (κ3) is 4.14. The predicted molar refractivity (Wildman–Crippen MR) is 120 cm³/mol. The first kappa shape index (κ1) is 20.3. The lowest BCUT2D eigenvalue weighted by molar-refractivity contribution is -0.121. The van der Waals surface area contributed by atoms with E-state index in [9.17, 15) is 9.59 Å². The average Bonchev–Trinajstić information content (AvgIpc) is 3.19. The van der Waals surface area contributed by atoms with Crippen molar-refractivity contribution in [3.05, 3.63) is 77.2 Å². The number of benzene rings is 2. The number of carbonyl (C=O) groups is 2. The van der Waals surface area contributed by atoms with Gasteiger partial charge in [-0.3, -0.25) is 9.59 Å². The Bertz CT molecular complexity index is 1070. The molecule has 0 spiro atoms. The number of amides is 2. The molecule has 0 bridgehead atoms. The monoisotopic (exact) mass is 420 g/mol. The van der Waals surface area contributed by atoms with Crippen LogP contribution in [-0.4, -0.2) is 18.4 Å². The number of rotatable bonds is 4. The van der Waals surface area contributed by atoms with Gasteiger partial charge in [-0.1, -0.05) is 29.8 Å². The molecule has 3 aromatic rings. The molecular weight excluding hydrogens is 396 g/mol. The molecule has 1 N–H and O–H groups in total. The summed E-state index contributed by atoms with van der Waals surface area (Å²) in [7, 11) is 0. The molecule has 0 saturated carbocycles. The van der Waals surface area contributed by atoms with Crippen LogP contribution in [0.4, 0.5) is 11.4 Å². The molecule has 2 amide bonds. The van der Waals surface area contributed by atoms with Crippen LogP contribution in [0, 0.1) is 20.8 Å². The molecule has 6 heteroatoms. The highest BCUT2D eigenvalue weighted by Crippen LogP contribution is 2.45. The second-order valence-corrected chi connectivity index (χ2v) is 8.84. The summed E-state index contributed by atoms with van der Waals surface area (Å²) in [6.07, 6.45) is 1.89. The van der Waals surface area contributed by atoms with E-state index >= 15 is 0 Å². The maximum atomic E-state index is 13.1. The van der Waals surface area contributed by atoms with Crippen molar-refractivity contribution in [3.8, 4) is 0 Å². The standard InChI is InChI=1S/C24H24N2O3S/c1-15-11-16(2)24(17(3)12-15)25-22(27)14-26-18-7-4-5-9-20(18)30-21(13-23(26)28)19-8-6-10-29-19/h4-12,21H,13-14H2,1-3H3,(H,25,27). The number of para-hydroxylation sites is 1. The fourth-order valence-corrected chi connectivity index (χ4v) is 5.12. The van der Waals surface area contributed by atoms with Crippen LogP contribution in [0.2, 0.25) is 0 Å². The van der Waals surface area contributed by atoms with E-state index in [1.54, 1.807) is 22.9 Å². The van der Waals surface area contributed by atoms with Gasteiger partial charge in [0, 0.05) is 17.0 Å². The highest BCUT2D eigenvalue weighted by Gasteiger charge is 2.31. The number of fused-ring (bicyclic) bond motifs is 1. The van der Waals surface area contributed by atoms with Gasteiger partial charge in [-0.25, -0.2) is 0 Å². The van der Waals surface area contributed by atoms with E-state index in [2.05, 4.69) is 5.32 Å². The fraction of sp³-hybridized carbons (Fsp3) is 0.250. The third-order valence-electron chi connectivity index (χ3n) is 5.19. The zero-order valence-corrected chi connectivity index (χ0v) is 18.1. The number of carbonyl (C=O) groups excluding carboxylic acids is 2. The molecule has 154 valence electrons. The van der Waals surface area contributed by atoms with Gasteiger partial charge < -0.3 is 14.6 Å². The number of aryl methyl sites for hydroxylation is 3. The van der Waals surface area contributed by atoms with Gasteiger partial charge in [0.15, 0.2) is 0 Å². The molecule has 1 aliphatic rings. The molecule has 1 unspecified atom stereocenters. The zero-order chi connectivity index (χ0) is 21.3. The van der Waals surface area contributed by atoms with Crippen LogP contribution in [0.5, 0.6) is 0 Å². The van der Waals surface area contributed by atoms with Gasteiger partial charge in [0.05, 0.1) is 17.2 Å². The Balaban J connectivity index is 1.59. The summed E-state index contributed by atoms with van der Waals surface area (Å²) >= 11 is 1.59. The number of thioether (sulfide) groups is 1. The van der Waals surface area contributed by atoms with E-state index < -0.39 is 0 Å². The van der Waals surface area contributed by atoms with E-state index in [-0.39, 0.29) is 30.0 Å². The SMILES string of the molecule is Cc1cc(C)c(NC(=O)CN2C(=O)CC(c3ccco3)Sc3ccccc32)c(C)c1. The lowest BCUT2D eigenvalue weighted by Crippen LogP contribution is -2.38. The number of hydrogen-bond donors (Lipinski definition) is 1. The van der Waals surface area contributed by atoms with Crippen LogP contribution in [0.25, 0.3) is 0 Å². The Hall–Kier alpha value is -2.99. The summed E-state index contributed by atoms with van der Waals surface area (Å²) < 4.78 is 5.55. The second-order valence-electron chi connectivity index (χ2n) is 7.60. The minimum Gasteiger partial charge on any atom is -0.468 e. The normalized spacial score (nSPS) is 16.2. The Morgan fingerprint density at radius 1 is 1.13 bits per heavy atom. The zero-order valence-electron chi connectivity index (χ0n) is 17.3. The Labute approximate surface area is 180 Å². The van der Waals surface area contributed by atoms with Crippen LogP contribution in [0.15, 0.2) is 64.1 Å². The van der Waals surface area contributed by atoms with Gasteiger partial charge in [0.25, 0.3) is 0 Å². The van der Waals surface area contributed by atoms with Crippen LogP contribution in [0.1, 0.15) is 34.1 Å². The van der Waals surface area contributed by atoms with Gasteiger partial charge >= 0.3 is 0 Å². The maximum Gasteiger partial charge on any atom is 0.244 e. The Morgan fingerprint density at radius 3 is 2.57 bits per heavy atom. The van der Waals surface area contributed by atoms with Crippen LogP contribution >= 0.6 is 11.8 Å². The number of furan rings is 1. The topological polar surface area (TPSA) is 62.6 Å². The molecule has 1 aromatic heterocycles. The lowest BCUT2D eigenvalue weighted by atomic mass is 10.1. The largest absolute Gasteiger partial charge is 0.468 e. The number of hydrogen-bond acceptors (Lipinski definition) is 4. The quantitative estimate of drug-likeness (QED) is 0.613. The number of nitrogens with one attached hydrogen (secondary N) is 1. The summed E-state index contributed by atoms with van der Waals surface area (Å²) in [5.74, 6) is 0.455. The molecule has 0 aliphatic carbocycles. The molecule has 1 aliphatic heterocycles. The summed E-state index contributed by atoms with van der Waals surface area (Å²) in [5, 5.41) is 2.88. The summed E-state index contributed by atoms with van der Waals surface area (Å²) in [5.41, 5.74) is 4.74. The lowest BCUT2D eigenvalue weighted by Gasteiger charge is -2.22. The van der Waals surface area contributed by atoms with Gasteiger partial charge in [-0.15, -0.1) is 11.8 Å². The first-order valence-corrected chi connectivity index (χ1v) is 10.8. The van der Waals surface area contributed by atoms with Crippen molar-refractivity contribution in [1.82, 2.24) is 0 Å². The first-order valence-electron chi connectivity index (χ1n) is 9.89. The third-order valence-corrected chi connectivity index (χ3v) is 6.47. The van der Waals surface area contributed by atoms with Gasteiger partial charge in [0.2, 0.25) is 11.8 Å². The number of anilines is 2. The van der Waals surface area contributed by atoms with Crippen LogP contribution in [-0.2, 0) is 9.59 Å². The smallest absolute Gasteiger partial charge is 0.244 e. The molecule has 5 nitrogen and oxygen atoms in total. The van der Waals surface area contributed by atoms with Gasteiger partial charge in [-0.2, -0.15) is 0 Å². The number of nitrogens with zero attached hydrogens (tertiary/aromatic N) is 1. The van der Waals surface area contributed by atoms with Crippen molar-refractivity contribution in [2.24, 2.45) is 0 Å². The molecule has 30 heavy (non-hydrogen) atoms. The average molecular weight is 421 g/mol. The molecule has 4 rings (SSSR count). The van der Waals surface area contributed by atoms with Crippen molar-refractivity contribution in [3.63, 3.8) is 0 Å². The molecule has 0 saturated heterocycles. The fourth-order valence-electron chi connectivity index (χ4n) is 3.88. The highest BCUT2D eigenvalue weighted by molar-refractivity contribution is 7.99. The van der Waals surface area contributed by atoms with Crippen molar-refractivity contribution in [1.29, 1.82) is 0 Å². The highest BCUT2D eigenvalue weighted by atomic mass is 32.2.